The molecule has 2 aromatic heterocycles. The van der Waals surface area contributed by atoms with E-state index in [1.165, 1.54) is 12.8 Å². The van der Waals surface area contributed by atoms with E-state index in [1.807, 2.05) is 19.1 Å². The first-order valence-electron chi connectivity index (χ1n) is 7.10. The third kappa shape index (κ3) is 3.06. The van der Waals surface area contributed by atoms with Gasteiger partial charge in [0.2, 0.25) is 5.95 Å². The summed E-state index contributed by atoms with van der Waals surface area (Å²) in [6.45, 7) is 8.71. The fraction of sp³-hybridized carbons (Fsp3) is 0.600. The third-order valence-electron chi connectivity index (χ3n) is 3.55. The van der Waals surface area contributed by atoms with Crippen LogP contribution in [-0.2, 0) is 0 Å². The molecule has 4 heteroatoms. The average molecular weight is 260 g/mol. The number of aromatic nitrogens is 3. The SMILES string of the molecule is Cc1ccc2nc(N)n(C(C)CCCC(C)C)c2n1. The Morgan fingerprint density at radius 2 is 1.89 bits per heavy atom. The van der Waals surface area contributed by atoms with Crippen LogP contribution in [0.3, 0.4) is 0 Å². The molecule has 0 spiro atoms. The zero-order valence-electron chi connectivity index (χ0n) is 12.3. The Morgan fingerprint density at radius 3 is 2.58 bits per heavy atom. The normalized spacial score (nSPS) is 13.3. The van der Waals surface area contributed by atoms with Crippen molar-refractivity contribution < 1.29 is 0 Å². The van der Waals surface area contributed by atoms with Crippen LogP contribution in [0.5, 0.6) is 0 Å². The van der Waals surface area contributed by atoms with Crippen molar-refractivity contribution in [2.45, 2.75) is 53.0 Å². The molecule has 0 aliphatic carbocycles. The lowest BCUT2D eigenvalue weighted by Gasteiger charge is -2.16. The van der Waals surface area contributed by atoms with Crippen molar-refractivity contribution >= 4 is 17.1 Å². The van der Waals surface area contributed by atoms with Gasteiger partial charge in [-0.1, -0.05) is 26.7 Å². The second-order valence-electron chi connectivity index (χ2n) is 5.81. The van der Waals surface area contributed by atoms with E-state index in [2.05, 4.69) is 35.3 Å². The summed E-state index contributed by atoms with van der Waals surface area (Å²) in [6.07, 6.45) is 3.58. The summed E-state index contributed by atoms with van der Waals surface area (Å²) in [6, 6.07) is 4.31. The van der Waals surface area contributed by atoms with Crippen LogP contribution >= 0.6 is 0 Å². The van der Waals surface area contributed by atoms with E-state index in [1.54, 1.807) is 0 Å². The predicted molar refractivity (Wildman–Crippen MR) is 80.1 cm³/mol. The van der Waals surface area contributed by atoms with Gasteiger partial charge in [0, 0.05) is 11.7 Å². The highest BCUT2D eigenvalue weighted by Crippen LogP contribution is 2.25. The second kappa shape index (κ2) is 5.59. The van der Waals surface area contributed by atoms with Crippen LogP contribution in [0.2, 0.25) is 0 Å². The minimum atomic E-state index is 0.345. The van der Waals surface area contributed by atoms with Gasteiger partial charge in [-0.3, -0.25) is 4.57 Å². The predicted octanol–water partition coefficient (Wildman–Crippen LogP) is 3.71. The van der Waals surface area contributed by atoms with Crippen molar-refractivity contribution in [2.75, 3.05) is 5.73 Å². The fourth-order valence-corrected chi connectivity index (χ4v) is 2.47. The molecule has 2 N–H and O–H groups in total. The average Bonchev–Trinajstić information content (AvgIpc) is 2.63. The zero-order valence-corrected chi connectivity index (χ0v) is 12.3. The number of hydrogen-bond donors (Lipinski definition) is 1. The summed E-state index contributed by atoms with van der Waals surface area (Å²) in [5, 5.41) is 0. The molecule has 0 saturated heterocycles. The Balaban J connectivity index is 2.23. The minimum Gasteiger partial charge on any atom is -0.369 e. The van der Waals surface area contributed by atoms with Crippen molar-refractivity contribution in [3.05, 3.63) is 17.8 Å². The molecule has 0 aliphatic heterocycles. The molecule has 0 radical (unpaired) electrons. The van der Waals surface area contributed by atoms with Crippen LogP contribution in [0, 0.1) is 12.8 Å². The smallest absolute Gasteiger partial charge is 0.202 e. The van der Waals surface area contributed by atoms with Gasteiger partial charge in [0.1, 0.15) is 5.52 Å². The number of nitrogens with two attached hydrogens (primary N) is 1. The number of pyridine rings is 1. The first kappa shape index (κ1) is 13.8. The Morgan fingerprint density at radius 1 is 1.16 bits per heavy atom. The molecule has 2 aromatic rings. The maximum Gasteiger partial charge on any atom is 0.202 e. The van der Waals surface area contributed by atoms with Gasteiger partial charge in [-0.25, -0.2) is 9.97 Å². The molecule has 0 bridgehead atoms. The van der Waals surface area contributed by atoms with Crippen molar-refractivity contribution in [3.63, 3.8) is 0 Å². The van der Waals surface area contributed by atoms with Crippen LogP contribution in [-0.4, -0.2) is 14.5 Å². The molecule has 0 fully saturated rings. The lowest BCUT2D eigenvalue weighted by Crippen LogP contribution is -2.10. The molecule has 4 nitrogen and oxygen atoms in total. The molecule has 2 rings (SSSR count). The molecule has 0 amide bonds. The highest BCUT2D eigenvalue weighted by molar-refractivity contribution is 5.74. The maximum atomic E-state index is 6.05. The number of imidazole rings is 1. The van der Waals surface area contributed by atoms with E-state index in [-0.39, 0.29) is 0 Å². The van der Waals surface area contributed by atoms with E-state index in [0.717, 1.165) is 29.2 Å². The molecule has 1 unspecified atom stereocenters. The van der Waals surface area contributed by atoms with Crippen molar-refractivity contribution in [2.24, 2.45) is 5.92 Å². The fourth-order valence-electron chi connectivity index (χ4n) is 2.47. The summed E-state index contributed by atoms with van der Waals surface area (Å²) >= 11 is 0. The number of rotatable bonds is 5. The lowest BCUT2D eigenvalue weighted by molar-refractivity contribution is 0.455. The van der Waals surface area contributed by atoms with Gasteiger partial charge in [-0.15, -0.1) is 0 Å². The Kier molecular flexibility index (Phi) is 4.08. The Labute approximate surface area is 115 Å². The summed E-state index contributed by atoms with van der Waals surface area (Å²) < 4.78 is 2.07. The quantitative estimate of drug-likeness (QED) is 0.891. The van der Waals surface area contributed by atoms with Crippen molar-refractivity contribution in [1.29, 1.82) is 0 Å². The summed E-state index contributed by atoms with van der Waals surface area (Å²) in [5.74, 6) is 1.33. The summed E-state index contributed by atoms with van der Waals surface area (Å²) in [5.41, 5.74) is 8.85. The van der Waals surface area contributed by atoms with E-state index in [0.29, 0.717) is 12.0 Å². The molecule has 0 aromatic carbocycles. The third-order valence-corrected chi connectivity index (χ3v) is 3.55. The Bertz CT molecular complexity index is 557. The number of aryl methyl sites for hydroxylation is 1. The topological polar surface area (TPSA) is 56.7 Å². The first-order chi connectivity index (χ1) is 8.99. The molecular weight excluding hydrogens is 236 g/mol. The molecule has 0 aliphatic rings. The number of anilines is 1. The Hall–Kier alpha value is -1.58. The van der Waals surface area contributed by atoms with E-state index < -0.39 is 0 Å². The van der Waals surface area contributed by atoms with Crippen LogP contribution < -0.4 is 5.73 Å². The minimum absolute atomic E-state index is 0.345. The van der Waals surface area contributed by atoms with Crippen molar-refractivity contribution in [1.82, 2.24) is 14.5 Å². The summed E-state index contributed by atoms with van der Waals surface area (Å²) in [4.78, 5) is 8.98. The van der Waals surface area contributed by atoms with Gasteiger partial charge in [-0.2, -0.15) is 0 Å². The lowest BCUT2D eigenvalue weighted by atomic mass is 10.0. The molecule has 104 valence electrons. The van der Waals surface area contributed by atoms with Gasteiger partial charge in [0.25, 0.3) is 0 Å². The second-order valence-corrected chi connectivity index (χ2v) is 5.81. The standard InChI is InChI=1S/C15H24N4/c1-10(2)6-5-7-12(4)19-14-13(18-15(19)16)9-8-11(3)17-14/h8-10,12H,5-7H2,1-4H3,(H2,16,18). The monoisotopic (exact) mass is 260 g/mol. The van der Waals surface area contributed by atoms with E-state index in [9.17, 15) is 0 Å². The van der Waals surface area contributed by atoms with E-state index >= 15 is 0 Å². The van der Waals surface area contributed by atoms with Gasteiger partial charge in [0.05, 0.1) is 0 Å². The van der Waals surface area contributed by atoms with Crippen LogP contribution in [0.25, 0.3) is 11.2 Å². The number of nitrogens with zero attached hydrogens (tertiary/aromatic N) is 3. The van der Waals surface area contributed by atoms with Crippen LogP contribution in [0.1, 0.15) is 51.8 Å². The van der Waals surface area contributed by atoms with E-state index in [4.69, 9.17) is 5.73 Å². The molecule has 19 heavy (non-hydrogen) atoms. The van der Waals surface area contributed by atoms with Gasteiger partial charge < -0.3 is 5.73 Å². The highest BCUT2D eigenvalue weighted by atomic mass is 15.2. The number of fused-ring (bicyclic) bond motifs is 1. The van der Waals surface area contributed by atoms with Crippen LogP contribution in [0.15, 0.2) is 12.1 Å². The molecule has 1 atom stereocenters. The molecule has 2 heterocycles. The number of nitrogen functional groups attached to an aromatic ring is 1. The first-order valence-corrected chi connectivity index (χ1v) is 7.10. The molecule has 0 saturated carbocycles. The van der Waals surface area contributed by atoms with Gasteiger partial charge in [-0.05, 0) is 38.3 Å². The molecular formula is C15H24N4. The number of hydrogen-bond acceptors (Lipinski definition) is 3. The highest BCUT2D eigenvalue weighted by Gasteiger charge is 2.15. The van der Waals surface area contributed by atoms with Gasteiger partial charge >= 0.3 is 0 Å². The maximum absolute atomic E-state index is 6.05. The van der Waals surface area contributed by atoms with Crippen LogP contribution in [0.4, 0.5) is 5.95 Å². The zero-order chi connectivity index (χ0) is 14.0. The van der Waals surface area contributed by atoms with Gasteiger partial charge in [0.15, 0.2) is 5.65 Å². The van der Waals surface area contributed by atoms with Crippen molar-refractivity contribution in [3.8, 4) is 0 Å². The summed E-state index contributed by atoms with van der Waals surface area (Å²) in [7, 11) is 0. The largest absolute Gasteiger partial charge is 0.369 e.